The summed E-state index contributed by atoms with van der Waals surface area (Å²) in [6, 6.07) is 9.14. The van der Waals surface area contributed by atoms with E-state index in [1.54, 1.807) is 0 Å². The lowest BCUT2D eigenvalue weighted by Gasteiger charge is -2.32. The molecule has 1 heterocycles. The zero-order chi connectivity index (χ0) is 14.8. The van der Waals surface area contributed by atoms with Crippen molar-refractivity contribution in [2.75, 3.05) is 0 Å². The average molecular weight is 275 g/mol. The van der Waals surface area contributed by atoms with Gasteiger partial charge in [0.2, 0.25) is 0 Å². The molecule has 0 saturated carbocycles. The minimum absolute atomic E-state index is 0.0141. The third kappa shape index (κ3) is 3.07. The van der Waals surface area contributed by atoms with E-state index in [2.05, 4.69) is 64.2 Å². The average Bonchev–Trinajstić information content (AvgIpc) is 2.78. The van der Waals surface area contributed by atoms with E-state index in [4.69, 9.17) is 4.74 Å². The van der Waals surface area contributed by atoms with E-state index < -0.39 is 0 Å². The monoisotopic (exact) mass is 275 g/mol. The van der Waals surface area contributed by atoms with Gasteiger partial charge in [-0.1, -0.05) is 57.5 Å². The Morgan fingerprint density at radius 3 is 2.25 bits per heavy atom. The SMILES string of the molecule is CCC1(CC)O[C@@H](c2ccc(C)cc2)N[C@H]1CC(C)C. The number of hydrogen-bond acceptors (Lipinski definition) is 2. The maximum absolute atomic E-state index is 6.48. The second-order valence-electron chi connectivity index (χ2n) is 6.53. The first-order chi connectivity index (χ1) is 9.50. The largest absolute Gasteiger partial charge is 0.351 e. The second kappa shape index (κ2) is 6.28. The van der Waals surface area contributed by atoms with Crippen LogP contribution in [0.3, 0.4) is 0 Å². The van der Waals surface area contributed by atoms with Crippen LogP contribution in [0.4, 0.5) is 0 Å². The molecule has 0 radical (unpaired) electrons. The molecule has 1 N–H and O–H groups in total. The topological polar surface area (TPSA) is 21.3 Å². The summed E-state index contributed by atoms with van der Waals surface area (Å²) in [6.45, 7) is 11.2. The Bertz CT molecular complexity index is 420. The van der Waals surface area contributed by atoms with E-state index in [1.807, 2.05) is 0 Å². The maximum Gasteiger partial charge on any atom is 0.135 e. The van der Waals surface area contributed by atoms with Gasteiger partial charge in [-0.15, -0.1) is 0 Å². The predicted octanol–water partition coefficient (Wildman–Crippen LogP) is 4.59. The highest BCUT2D eigenvalue weighted by molar-refractivity contribution is 5.24. The van der Waals surface area contributed by atoms with Gasteiger partial charge in [-0.2, -0.15) is 0 Å². The molecule has 112 valence electrons. The molecule has 1 aromatic rings. The molecule has 2 heteroatoms. The molecule has 0 spiro atoms. The minimum atomic E-state index is -0.0141. The molecule has 20 heavy (non-hydrogen) atoms. The number of hydrogen-bond donors (Lipinski definition) is 1. The number of ether oxygens (including phenoxy) is 1. The van der Waals surface area contributed by atoms with Crippen molar-refractivity contribution in [2.24, 2.45) is 5.92 Å². The van der Waals surface area contributed by atoms with Crippen molar-refractivity contribution in [2.45, 2.75) is 71.8 Å². The lowest BCUT2D eigenvalue weighted by molar-refractivity contribution is -0.0567. The maximum atomic E-state index is 6.48. The number of nitrogens with one attached hydrogen (secondary N) is 1. The molecule has 0 bridgehead atoms. The molecule has 1 aliphatic rings. The van der Waals surface area contributed by atoms with Crippen molar-refractivity contribution in [3.8, 4) is 0 Å². The summed E-state index contributed by atoms with van der Waals surface area (Å²) in [4.78, 5) is 0. The van der Waals surface area contributed by atoms with Crippen molar-refractivity contribution in [3.05, 3.63) is 35.4 Å². The lowest BCUT2D eigenvalue weighted by Crippen LogP contribution is -2.43. The Kier molecular flexibility index (Phi) is 4.87. The van der Waals surface area contributed by atoms with Crippen LogP contribution < -0.4 is 5.32 Å². The van der Waals surface area contributed by atoms with Crippen LogP contribution in [-0.4, -0.2) is 11.6 Å². The Labute approximate surface area is 123 Å². The van der Waals surface area contributed by atoms with E-state index in [0.29, 0.717) is 12.0 Å². The summed E-state index contributed by atoms with van der Waals surface area (Å²) in [7, 11) is 0. The molecule has 1 saturated heterocycles. The van der Waals surface area contributed by atoms with Crippen LogP contribution in [0.1, 0.15) is 64.3 Å². The molecule has 2 nitrogen and oxygen atoms in total. The molecule has 0 amide bonds. The summed E-state index contributed by atoms with van der Waals surface area (Å²) in [5.41, 5.74) is 2.52. The summed E-state index contributed by atoms with van der Waals surface area (Å²) in [5.74, 6) is 0.686. The highest BCUT2D eigenvalue weighted by Crippen LogP contribution is 2.40. The van der Waals surface area contributed by atoms with Crippen LogP contribution in [-0.2, 0) is 4.74 Å². The summed E-state index contributed by atoms with van der Waals surface area (Å²) < 4.78 is 6.48. The van der Waals surface area contributed by atoms with E-state index in [-0.39, 0.29) is 11.8 Å². The van der Waals surface area contributed by atoms with Crippen LogP contribution in [0.2, 0.25) is 0 Å². The van der Waals surface area contributed by atoms with Gasteiger partial charge >= 0.3 is 0 Å². The Morgan fingerprint density at radius 2 is 1.75 bits per heavy atom. The minimum Gasteiger partial charge on any atom is -0.351 e. The molecule has 1 aliphatic heterocycles. The third-order valence-electron chi connectivity index (χ3n) is 4.62. The van der Waals surface area contributed by atoms with Gasteiger partial charge in [0, 0.05) is 6.04 Å². The highest BCUT2D eigenvalue weighted by Gasteiger charge is 2.46. The van der Waals surface area contributed by atoms with Gasteiger partial charge in [-0.3, -0.25) is 5.32 Å². The number of aryl methyl sites for hydroxylation is 1. The van der Waals surface area contributed by atoms with E-state index >= 15 is 0 Å². The Hall–Kier alpha value is -0.860. The lowest BCUT2D eigenvalue weighted by atomic mass is 9.84. The normalized spacial score (nSPS) is 25.3. The third-order valence-corrected chi connectivity index (χ3v) is 4.62. The second-order valence-corrected chi connectivity index (χ2v) is 6.53. The summed E-state index contributed by atoms with van der Waals surface area (Å²) in [5, 5.41) is 3.73. The van der Waals surface area contributed by atoms with Crippen molar-refractivity contribution in [1.82, 2.24) is 5.32 Å². The van der Waals surface area contributed by atoms with Crippen LogP contribution >= 0.6 is 0 Å². The molecule has 2 atom stereocenters. The Balaban J connectivity index is 2.20. The summed E-state index contributed by atoms with van der Waals surface area (Å²) in [6.07, 6.45) is 3.34. The summed E-state index contributed by atoms with van der Waals surface area (Å²) >= 11 is 0. The first-order valence-electron chi connectivity index (χ1n) is 8.01. The highest BCUT2D eigenvalue weighted by atomic mass is 16.5. The van der Waals surface area contributed by atoms with Crippen LogP contribution in [0.15, 0.2) is 24.3 Å². The predicted molar refractivity (Wildman–Crippen MR) is 84.7 cm³/mol. The van der Waals surface area contributed by atoms with Gasteiger partial charge in [0.15, 0.2) is 0 Å². The van der Waals surface area contributed by atoms with Crippen LogP contribution in [0, 0.1) is 12.8 Å². The molecule has 1 aromatic carbocycles. The van der Waals surface area contributed by atoms with Crippen LogP contribution in [0.25, 0.3) is 0 Å². The van der Waals surface area contributed by atoms with E-state index in [0.717, 1.165) is 12.8 Å². The first-order valence-corrected chi connectivity index (χ1v) is 8.01. The molecule has 0 aliphatic carbocycles. The fraction of sp³-hybridized carbons (Fsp3) is 0.667. The van der Waals surface area contributed by atoms with Gasteiger partial charge in [-0.25, -0.2) is 0 Å². The van der Waals surface area contributed by atoms with Crippen molar-refractivity contribution in [1.29, 1.82) is 0 Å². The van der Waals surface area contributed by atoms with Gasteiger partial charge < -0.3 is 4.74 Å². The molecule has 2 rings (SSSR count). The number of benzene rings is 1. The van der Waals surface area contributed by atoms with Crippen molar-refractivity contribution >= 4 is 0 Å². The van der Waals surface area contributed by atoms with Crippen LogP contribution in [0.5, 0.6) is 0 Å². The molecular formula is C18H29NO. The van der Waals surface area contributed by atoms with Gasteiger partial charge in [-0.05, 0) is 37.7 Å². The van der Waals surface area contributed by atoms with E-state index in [9.17, 15) is 0 Å². The first kappa shape index (κ1) is 15.5. The van der Waals surface area contributed by atoms with Gasteiger partial charge in [0.1, 0.15) is 6.23 Å². The molecular weight excluding hydrogens is 246 g/mol. The zero-order valence-corrected chi connectivity index (χ0v) is 13.6. The zero-order valence-electron chi connectivity index (χ0n) is 13.6. The Morgan fingerprint density at radius 1 is 1.15 bits per heavy atom. The quantitative estimate of drug-likeness (QED) is 0.849. The molecule has 1 fully saturated rings. The van der Waals surface area contributed by atoms with Gasteiger partial charge in [0.25, 0.3) is 0 Å². The molecule has 0 unspecified atom stereocenters. The van der Waals surface area contributed by atoms with E-state index in [1.165, 1.54) is 17.5 Å². The fourth-order valence-corrected chi connectivity index (χ4v) is 3.25. The smallest absolute Gasteiger partial charge is 0.135 e. The van der Waals surface area contributed by atoms with Crippen molar-refractivity contribution in [3.63, 3.8) is 0 Å². The standard InChI is InChI=1S/C18H29NO/c1-6-18(7-2)16(12-13(3)4)19-17(20-18)15-10-8-14(5)9-11-15/h8-11,13,16-17,19H,6-7,12H2,1-5H3/t16-,17-/m0/s1. The number of rotatable bonds is 5. The van der Waals surface area contributed by atoms with Crippen molar-refractivity contribution < 1.29 is 4.74 Å². The fourth-order valence-electron chi connectivity index (χ4n) is 3.25. The van der Waals surface area contributed by atoms with Gasteiger partial charge in [0.05, 0.1) is 5.60 Å². The molecule has 0 aromatic heterocycles.